The first-order valence-electron chi connectivity index (χ1n) is 5.59. The summed E-state index contributed by atoms with van der Waals surface area (Å²) in [6.07, 6.45) is 0.276. The van der Waals surface area contributed by atoms with Crippen LogP contribution >= 0.6 is 11.3 Å². The molecule has 1 aromatic carbocycles. The quantitative estimate of drug-likeness (QED) is 0.921. The van der Waals surface area contributed by atoms with Gasteiger partial charge in [0.15, 0.2) is 5.13 Å². The molecule has 0 unspecified atom stereocenters. The largest absolute Gasteiger partial charge is 0.375 e. The summed E-state index contributed by atoms with van der Waals surface area (Å²) in [6.45, 7) is 2.00. The number of hydrogen-bond donors (Lipinski definition) is 1. The fourth-order valence-corrected chi connectivity index (χ4v) is 2.22. The highest BCUT2D eigenvalue weighted by Gasteiger charge is 2.13. The van der Waals surface area contributed by atoms with Gasteiger partial charge in [-0.05, 0) is 24.6 Å². The van der Waals surface area contributed by atoms with Crippen LogP contribution in [-0.2, 0) is 11.2 Å². The van der Waals surface area contributed by atoms with Gasteiger partial charge in [-0.15, -0.1) is 11.3 Å². The van der Waals surface area contributed by atoms with Crippen molar-refractivity contribution in [2.45, 2.75) is 13.3 Å². The molecule has 0 bridgehead atoms. The van der Waals surface area contributed by atoms with Crippen molar-refractivity contribution >= 4 is 28.1 Å². The third-order valence-corrected chi connectivity index (χ3v) is 3.39. The molecule has 0 atom stereocenters. The third kappa shape index (κ3) is 2.87. The lowest BCUT2D eigenvalue weighted by Gasteiger charge is -2.17. The molecule has 1 aromatic heterocycles. The van der Waals surface area contributed by atoms with E-state index >= 15 is 0 Å². The number of carbonyl (C=O) groups excluding carboxylic acids is 1. The number of nitrogen functional groups attached to an aromatic ring is 1. The Bertz CT molecular complexity index is 565. The Morgan fingerprint density at radius 2 is 2.28 bits per heavy atom. The van der Waals surface area contributed by atoms with Crippen LogP contribution in [0.15, 0.2) is 29.6 Å². The van der Waals surface area contributed by atoms with Crippen LogP contribution in [0.1, 0.15) is 11.3 Å². The summed E-state index contributed by atoms with van der Waals surface area (Å²) in [5.41, 5.74) is 8.29. The first kappa shape index (κ1) is 12.6. The van der Waals surface area contributed by atoms with E-state index in [0.717, 1.165) is 16.9 Å². The summed E-state index contributed by atoms with van der Waals surface area (Å²) in [4.78, 5) is 17.8. The number of hydrogen-bond acceptors (Lipinski definition) is 4. The molecular weight excluding hydrogens is 246 g/mol. The summed E-state index contributed by atoms with van der Waals surface area (Å²) >= 11 is 1.35. The number of amides is 1. The van der Waals surface area contributed by atoms with Gasteiger partial charge in [-0.3, -0.25) is 4.79 Å². The van der Waals surface area contributed by atoms with Gasteiger partial charge >= 0.3 is 0 Å². The number of benzene rings is 1. The minimum atomic E-state index is 0.00546. The molecule has 2 rings (SSSR count). The second kappa shape index (κ2) is 5.18. The number of rotatable bonds is 3. The molecule has 0 saturated carbocycles. The number of anilines is 2. The zero-order valence-corrected chi connectivity index (χ0v) is 11.2. The predicted octanol–water partition coefficient (Wildman–Crippen LogP) is 2.24. The molecule has 2 N–H and O–H groups in total. The molecule has 4 nitrogen and oxygen atoms in total. The molecule has 1 amide bonds. The number of nitrogens with two attached hydrogens (primary N) is 1. The minimum absolute atomic E-state index is 0.00546. The Balaban J connectivity index is 2.09. The summed E-state index contributed by atoms with van der Waals surface area (Å²) in [5, 5.41) is 2.31. The van der Waals surface area contributed by atoms with Crippen LogP contribution in [0.3, 0.4) is 0 Å². The standard InChI is InChI=1S/C13H15N3OS/c1-9-4-3-5-11(6-9)16(2)12(17)7-10-8-18-13(14)15-10/h3-6,8H,7H2,1-2H3,(H2,14,15). The van der Waals surface area contributed by atoms with Gasteiger partial charge < -0.3 is 10.6 Å². The maximum atomic E-state index is 12.1. The second-order valence-electron chi connectivity index (χ2n) is 4.15. The van der Waals surface area contributed by atoms with E-state index in [2.05, 4.69) is 4.98 Å². The zero-order chi connectivity index (χ0) is 13.1. The van der Waals surface area contributed by atoms with Gasteiger partial charge in [0, 0.05) is 18.1 Å². The van der Waals surface area contributed by atoms with Gasteiger partial charge in [-0.2, -0.15) is 0 Å². The summed E-state index contributed by atoms with van der Waals surface area (Å²) in [6, 6.07) is 7.84. The maximum absolute atomic E-state index is 12.1. The van der Waals surface area contributed by atoms with Crippen LogP contribution in [0.4, 0.5) is 10.8 Å². The lowest BCUT2D eigenvalue weighted by molar-refractivity contribution is -0.117. The SMILES string of the molecule is Cc1cccc(N(C)C(=O)Cc2csc(N)n2)c1. The van der Waals surface area contributed by atoms with E-state index in [1.165, 1.54) is 11.3 Å². The van der Waals surface area contributed by atoms with E-state index in [4.69, 9.17) is 5.73 Å². The highest BCUT2D eigenvalue weighted by atomic mass is 32.1. The molecule has 5 heteroatoms. The number of likely N-dealkylation sites (N-methyl/N-ethyl adjacent to an activating group) is 1. The smallest absolute Gasteiger partial charge is 0.232 e. The van der Waals surface area contributed by atoms with Gasteiger partial charge in [-0.1, -0.05) is 12.1 Å². The number of thiazole rings is 1. The normalized spacial score (nSPS) is 10.3. The van der Waals surface area contributed by atoms with Crippen LogP contribution in [-0.4, -0.2) is 17.9 Å². The van der Waals surface area contributed by atoms with Crippen molar-refractivity contribution in [1.29, 1.82) is 0 Å². The monoisotopic (exact) mass is 261 g/mol. The van der Waals surface area contributed by atoms with Crippen LogP contribution in [0.2, 0.25) is 0 Å². The van der Waals surface area contributed by atoms with Crippen LogP contribution in [0.5, 0.6) is 0 Å². The number of nitrogens with zero attached hydrogens (tertiary/aromatic N) is 2. The Kier molecular flexibility index (Phi) is 3.62. The fraction of sp³-hybridized carbons (Fsp3) is 0.231. The summed E-state index contributed by atoms with van der Waals surface area (Å²) in [7, 11) is 1.77. The highest BCUT2D eigenvalue weighted by Crippen LogP contribution is 2.17. The van der Waals surface area contributed by atoms with Gasteiger partial charge in [0.2, 0.25) is 5.91 Å². The molecule has 0 saturated heterocycles. The second-order valence-corrected chi connectivity index (χ2v) is 5.04. The summed E-state index contributed by atoms with van der Waals surface area (Å²) in [5.74, 6) is 0.00546. The zero-order valence-electron chi connectivity index (χ0n) is 10.4. The highest BCUT2D eigenvalue weighted by molar-refractivity contribution is 7.13. The molecule has 94 valence electrons. The van der Waals surface area contributed by atoms with Crippen LogP contribution in [0.25, 0.3) is 0 Å². The van der Waals surface area contributed by atoms with E-state index in [0.29, 0.717) is 5.13 Å². The maximum Gasteiger partial charge on any atom is 0.232 e. The van der Waals surface area contributed by atoms with E-state index in [1.807, 2.05) is 36.6 Å². The van der Waals surface area contributed by atoms with Crippen molar-refractivity contribution < 1.29 is 4.79 Å². The Hall–Kier alpha value is -1.88. The number of aryl methyl sites for hydroxylation is 1. The number of carbonyl (C=O) groups is 1. The van der Waals surface area contributed by atoms with Gasteiger partial charge in [-0.25, -0.2) is 4.98 Å². The minimum Gasteiger partial charge on any atom is -0.375 e. The first-order valence-corrected chi connectivity index (χ1v) is 6.47. The van der Waals surface area contributed by atoms with E-state index in [1.54, 1.807) is 11.9 Å². The van der Waals surface area contributed by atoms with Crippen molar-refractivity contribution in [3.8, 4) is 0 Å². The Morgan fingerprint density at radius 1 is 1.50 bits per heavy atom. The fourth-order valence-electron chi connectivity index (χ4n) is 1.66. The Morgan fingerprint density at radius 3 is 2.89 bits per heavy atom. The molecule has 0 radical (unpaired) electrons. The van der Waals surface area contributed by atoms with Crippen molar-refractivity contribution in [3.05, 3.63) is 40.9 Å². The van der Waals surface area contributed by atoms with E-state index < -0.39 is 0 Å². The predicted molar refractivity (Wildman–Crippen MR) is 74.8 cm³/mol. The molecule has 0 aliphatic heterocycles. The van der Waals surface area contributed by atoms with Gasteiger partial charge in [0.25, 0.3) is 0 Å². The molecule has 0 spiro atoms. The molecule has 0 aliphatic carbocycles. The van der Waals surface area contributed by atoms with E-state index in [-0.39, 0.29) is 12.3 Å². The third-order valence-electron chi connectivity index (χ3n) is 2.66. The average Bonchev–Trinajstić information content (AvgIpc) is 2.73. The lowest BCUT2D eigenvalue weighted by atomic mass is 10.2. The average molecular weight is 261 g/mol. The van der Waals surface area contributed by atoms with Gasteiger partial charge in [0.05, 0.1) is 12.1 Å². The molecule has 18 heavy (non-hydrogen) atoms. The van der Waals surface area contributed by atoms with Crippen LogP contribution in [0, 0.1) is 6.92 Å². The molecule has 0 aliphatic rings. The van der Waals surface area contributed by atoms with Crippen molar-refractivity contribution in [1.82, 2.24) is 4.98 Å². The molecule has 1 heterocycles. The number of aromatic nitrogens is 1. The van der Waals surface area contributed by atoms with Crippen molar-refractivity contribution in [2.75, 3.05) is 17.7 Å². The lowest BCUT2D eigenvalue weighted by Crippen LogP contribution is -2.27. The molecule has 2 aromatic rings. The topological polar surface area (TPSA) is 59.2 Å². The first-order chi connectivity index (χ1) is 8.56. The van der Waals surface area contributed by atoms with Gasteiger partial charge in [0.1, 0.15) is 0 Å². The molecule has 0 fully saturated rings. The van der Waals surface area contributed by atoms with E-state index in [9.17, 15) is 4.79 Å². The Labute approximate surface area is 110 Å². The van der Waals surface area contributed by atoms with Crippen molar-refractivity contribution in [3.63, 3.8) is 0 Å². The molecular formula is C13H15N3OS. The summed E-state index contributed by atoms with van der Waals surface area (Å²) < 4.78 is 0. The van der Waals surface area contributed by atoms with Crippen LogP contribution < -0.4 is 10.6 Å². The van der Waals surface area contributed by atoms with Crippen molar-refractivity contribution in [2.24, 2.45) is 0 Å².